The number of hydrogen-bond donors (Lipinski definition) is 1. The predicted molar refractivity (Wildman–Crippen MR) is 102 cm³/mol. The molecular formula is C19H31N5O2. The van der Waals surface area contributed by atoms with Gasteiger partial charge in [-0.05, 0) is 45.5 Å². The van der Waals surface area contributed by atoms with Crippen LogP contribution in [0.4, 0.5) is 0 Å². The summed E-state index contributed by atoms with van der Waals surface area (Å²) in [6, 6.07) is 3.96. The maximum atomic E-state index is 12.7. The largest absolute Gasteiger partial charge is 0.469 e. The zero-order valence-corrected chi connectivity index (χ0v) is 16.0. The van der Waals surface area contributed by atoms with Crippen LogP contribution in [0.15, 0.2) is 27.8 Å². The summed E-state index contributed by atoms with van der Waals surface area (Å²) in [6.45, 7) is 7.84. The van der Waals surface area contributed by atoms with Crippen LogP contribution in [0.1, 0.15) is 25.5 Å². The lowest BCUT2D eigenvalue weighted by molar-refractivity contribution is -0.136. The third-order valence-corrected chi connectivity index (χ3v) is 5.23. The first-order valence-electron chi connectivity index (χ1n) is 9.73. The maximum absolute atomic E-state index is 12.7. The van der Waals surface area contributed by atoms with Gasteiger partial charge in [0.2, 0.25) is 5.91 Å². The van der Waals surface area contributed by atoms with Gasteiger partial charge in [0.25, 0.3) is 0 Å². The van der Waals surface area contributed by atoms with E-state index >= 15 is 0 Å². The smallest absolute Gasteiger partial charge is 0.240 e. The molecule has 0 bridgehead atoms. The molecule has 2 fully saturated rings. The lowest BCUT2D eigenvalue weighted by Gasteiger charge is -2.38. The number of likely N-dealkylation sites (N-methyl/N-ethyl adjacent to an activating group) is 1. The average molecular weight is 361 g/mol. The second-order valence-electron chi connectivity index (χ2n) is 7.02. The van der Waals surface area contributed by atoms with Gasteiger partial charge in [0, 0.05) is 45.7 Å². The zero-order valence-electron chi connectivity index (χ0n) is 16.0. The minimum atomic E-state index is 0.0803. The number of rotatable bonds is 5. The highest BCUT2D eigenvalue weighted by molar-refractivity contribution is 5.83. The zero-order chi connectivity index (χ0) is 18.4. The first-order valence-corrected chi connectivity index (χ1v) is 9.73. The van der Waals surface area contributed by atoms with Gasteiger partial charge >= 0.3 is 0 Å². The molecule has 2 aliphatic heterocycles. The fourth-order valence-electron chi connectivity index (χ4n) is 3.72. The monoisotopic (exact) mass is 361 g/mol. The van der Waals surface area contributed by atoms with Gasteiger partial charge in [0.15, 0.2) is 5.96 Å². The van der Waals surface area contributed by atoms with Crippen molar-refractivity contribution in [3.05, 3.63) is 24.2 Å². The van der Waals surface area contributed by atoms with Gasteiger partial charge in [0.05, 0.1) is 12.3 Å². The van der Waals surface area contributed by atoms with Crippen LogP contribution in [0.3, 0.4) is 0 Å². The number of piperazine rings is 1. The Bertz CT molecular complexity index is 593. The minimum Gasteiger partial charge on any atom is -0.469 e. The first kappa shape index (κ1) is 18.8. The Morgan fingerprint density at radius 1 is 1.27 bits per heavy atom. The quantitative estimate of drug-likeness (QED) is 0.627. The second kappa shape index (κ2) is 9.07. The Balaban J connectivity index is 1.51. The summed E-state index contributed by atoms with van der Waals surface area (Å²) >= 11 is 0. The lowest BCUT2D eigenvalue weighted by atomic mass is 10.2. The molecule has 1 N–H and O–H groups in total. The van der Waals surface area contributed by atoms with E-state index in [0.29, 0.717) is 12.5 Å². The van der Waals surface area contributed by atoms with E-state index in [0.717, 1.165) is 70.3 Å². The highest BCUT2D eigenvalue weighted by Crippen LogP contribution is 2.18. The van der Waals surface area contributed by atoms with Crippen LogP contribution in [0.5, 0.6) is 0 Å². The van der Waals surface area contributed by atoms with Crippen LogP contribution in [0, 0.1) is 0 Å². The van der Waals surface area contributed by atoms with Gasteiger partial charge in [-0.1, -0.05) is 0 Å². The molecule has 0 aliphatic carbocycles. The van der Waals surface area contributed by atoms with Gasteiger partial charge in [-0.2, -0.15) is 0 Å². The van der Waals surface area contributed by atoms with Crippen LogP contribution >= 0.6 is 0 Å². The molecule has 2 saturated heterocycles. The van der Waals surface area contributed by atoms with Gasteiger partial charge in [-0.25, -0.2) is 0 Å². The molecule has 1 atom stereocenters. The van der Waals surface area contributed by atoms with E-state index in [2.05, 4.69) is 29.1 Å². The third-order valence-electron chi connectivity index (χ3n) is 5.23. The Kier molecular flexibility index (Phi) is 6.55. The van der Waals surface area contributed by atoms with Crippen molar-refractivity contribution in [2.45, 2.75) is 32.2 Å². The van der Waals surface area contributed by atoms with E-state index in [4.69, 9.17) is 9.41 Å². The molecular weight excluding hydrogens is 330 g/mol. The number of nitrogens with one attached hydrogen (secondary N) is 1. The number of nitrogens with zero attached hydrogens (tertiary/aromatic N) is 4. The van der Waals surface area contributed by atoms with Crippen LogP contribution in [0.25, 0.3) is 0 Å². The maximum Gasteiger partial charge on any atom is 0.240 e. The van der Waals surface area contributed by atoms with Crippen LogP contribution < -0.4 is 5.32 Å². The highest BCUT2D eigenvalue weighted by atomic mass is 16.3. The number of furan rings is 1. The van der Waals surface area contributed by atoms with Gasteiger partial charge in [-0.15, -0.1) is 0 Å². The SMILES string of the molecule is CCNC(=NCCc1ccco1)N1CCN(C(=O)C2CCCN2C)CC1. The van der Waals surface area contributed by atoms with Crippen molar-refractivity contribution >= 4 is 11.9 Å². The minimum absolute atomic E-state index is 0.0803. The third kappa shape index (κ3) is 4.58. The number of amides is 1. The summed E-state index contributed by atoms with van der Waals surface area (Å²) in [5.41, 5.74) is 0. The Morgan fingerprint density at radius 3 is 2.65 bits per heavy atom. The van der Waals surface area contributed by atoms with Gasteiger partial charge in [-0.3, -0.25) is 14.7 Å². The molecule has 26 heavy (non-hydrogen) atoms. The summed E-state index contributed by atoms with van der Waals surface area (Å²) in [5.74, 6) is 2.19. The number of hydrogen-bond acceptors (Lipinski definition) is 4. The van der Waals surface area contributed by atoms with Crippen molar-refractivity contribution in [3.8, 4) is 0 Å². The topological polar surface area (TPSA) is 64.3 Å². The van der Waals surface area contributed by atoms with E-state index in [-0.39, 0.29) is 6.04 Å². The molecule has 1 amide bonds. The Labute approximate surface area is 156 Å². The Morgan fingerprint density at radius 2 is 2.04 bits per heavy atom. The van der Waals surface area contributed by atoms with E-state index in [9.17, 15) is 4.79 Å². The molecule has 2 aliphatic rings. The molecule has 3 heterocycles. The van der Waals surface area contributed by atoms with E-state index in [1.54, 1.807) is 6.26 Å². The predicted octanol–water partition coefficient (Wildman–Crippen LogP) is 1.03. The van der Waals surface area contributed by atoms with Crippen LogP contribution in [0.2, 0.25) is 0 Å². The van der Waals surface area contributed by atoms with Gasteiger partial charge in [0.1, 0.15) is 5.76 Å². The number of carbonyl (C=O) groups excluding carboxylic acids is 1. The van der Waals surface area contributed by atoms with E-state index in [1.165, 1.54) is 0 Å². The molecule has 7 nitrogen and oxygen atoms in total. The average Bonchev–Trinajstić information content (AvgIpc) is 3.32. The second-order valence-corrected chi connectivity index (χ2v) is 7.02. The Hall–Kier alpha value is -2.02. The van der Waals surface area contributed by atoms with E-state index in [1.807, 2.05) is 17.0 Å². The molecule has 0 radical (unpaired) electrons. The van der Waals surface area contributed by atoms with Crippen molar-refractivity contribution in [1.29, 1.82) is 0 Å². The molecule has 7 heteroatoms. The number of likely N-dealkylation sites (tertiary alicyclic amines) is 1. The van der Waals surface area contributed by atoms with Crippen molar-refractivity contribution < 1.29 is 9.21 Å². The fourth-order valence-corrected chi connectivity index (χ4v) is 3.72. The highest BCUT2D eigenvalue weighted by Gasteiger charge is 2.33. The summed E-state index contributed by atoms with van der Waals surface area (Å²) in [7, 11) is 2.06. The molecule has 0 aromatic carbocycles. The molecule has 1 aromatic heterocycles. The molecule has 1 unspecified atom stereocenters. The van der Waals surface area contributed by atoms with Crippen molar-refractivity contribution in [1.82, 2.24) is 20.0 Å². The molecule has 0 spiro atoms. The normalized spacial score (nSPS) is 22.1. The summed E-state index contributed by atoms with van der Waals surface area (Å²) in [4.78, 5) is 23.9. The lowest BCUT2D eigenvalue weighted by Crippen LogP contribution is -2.56. The van der Waals surface area contributed by atoms with Crippen molar-refractivity contribution in [3.63, 3.8) is 0 Å². The molecule has 144 valence electrons. The number of guanidine groups is 1. The standard InChI is InChI=1S/C19H31N5O2/c1-3-20-19(21-9-8-16-6-5-15-26-16)24-13-11-23(12-14-24)18(25)17-7-4-10-22(17)2/h5-6,15,17H,3-4,7-14H2,1-2H3,(H,20,21). The first-order chi connectivity index (χ1) is 12.7. The van der Waals surface area contributed by atoms with Crippen LogP contribution in [-0.4, -0.2) is 85.5 Å². The molecule has 1 aromatic rings. The number of aliphatic imine (C=N–C) groups is 1. The summed E-state index contributed by atoms with van der Waals surface area (Å²) in [6.07, 6.45) is 4.61. The fraction of sp³-hybridized carbons (Fsp3) is 0.684. The molecule has 3 rings (SSSR count). The van der Waals surface area contributed by atoms with E-state index < -0.39 is 0 Å². The number of carbonyl (C=O) groups is 1. The van der Waals surface area contributed by atoms with Crippen molar-refractivity contribution in [2.24, 2.45) is 4.99 Å². The van der Waals surface area contributed by atoms with Crippen LogP contribution in [-0.2, 0) is 11.2 Å². The summed E-state index contributed by atoms with van der Waals surface area (Å²) < 4.78 is 5.37. The molecule has 0 saturated carbocycles. The van der Waals surface area contributed by atoms with Gasteiger partial charge < -0.3 is 19.5 Å². The van der Waals surface area contributed by atoms with Crippen molar-refractivity contribution in [2.75, 3.05) is 52.9 Å². The summed E-state index contributed by atoms with van der Waals surface area (Å²) in [5, 5.41) is 3.37.